The molecule has 0 spiro atoms. The van der Waals surface area contributed by atoms with Gasteiger partial charge < -0.3 is 28.6 Å². The SMILES string of the molecule is COC(=O)C1=CN2CCc3cc(OC)c(OC)c(OC)c3C2CN1C(=O)OC(C)(C)C. The molecule has 0 aromatic heterocycles. The molecule has 9 heteroatoms. The van der Waals surface area contributed by atoms with Crippen LogP contribution in [-0.2, 0) is 20.7 Å². The van der Waals surface area contributed by atoms with E-state index >= 15 is 0 Å². The summed E-state index contributed by atoms with van der Waals surface area (Å²) < 4.78 is 27.2. The van der Waals surface area contributed by atoms with E-state index in [1.54, 1.807) is 48.3 Å². The Morgan fingerprint density at radius 3 is 2.26 bits per heavy atom. The number of carbonyl (C=O) groups excluding carboxylic acids is 2. The topological polar surface area (TPSA) is 86.8 Å². The summed E-state index contributed by atoms with van der Waals surface area (Å²) in [5.41, 5.74) is 1.35. The molecule has 1 aromatic rings. The van der Waals surface area contributed by atoms with Crippen molar-refractivity contribution in [2.45, 2.75) is 38.8 Å². The zero-order valence-corrected chi connectivity index (χ0v) is 19.1. The smallest absolute Gasteiger partial charge is 0.415 e. The normalized spacial score (nSPS) is 17.8. The van der Waals surface area contributed by atoms with Crippen molar-refractivity contribution in [2.75, 3.05) is 41.5 Å². The van der Waals surface area contributed by atoms with E-state index in [-0.39, 0.29) is 18.3 Å². The Labute approximate surface area is 182 Å². The summed E-state index contributed by atoms with van der Waals surface area (Å²) in [7, 11) is 5.99. The maximum atomic E-state index is 13.0. The first-order valence-corrected chi connectivity index (χ1v) is 10.0. The van der Waals surface area contributed by atoms with Gasteiger partial charge in [0.1, 0.15) is 11.3 Å². The van der Waals surface area contributed by atoms with Gasteiger partial charge in [-0.05, 0) is 38.8 Å². The van der Waals surface area contributed by atoms with Crippen LogP contribution in [0.2, 0.25) is 0 Å². The number of hydrogen-bond acceptors (Lipinski definition) is 8. The fraction of sp³-hybridized carbons (Fsp3) is 0.545. The third-order valence-electron chi connectivity index (χ3n) is 5.27. The number of carbonyl (C=O) groups is 2. The second kappa shape index (κ2) is 8.56. The first-order chi connectivity index (χ1) is 14.6. The number of nitrogens with zero attached hydrogens (tertiary/aromatic N) is 2. The fourth-order valence-electron chi connectivity index (χ4n) is 3.98. The quantitative estimate of drug-likeness (QED) is 0.669. The standard InChI is InChI=1S/C22H30N2O7/c1-22(2,3)31-21(26)24-12-14-17-13(8-9-23(14)11-15(24)20(25)30-7)10-16(27-4)18(28-5)19(17)29-6/h10-11,14H,8-9,12H2,1-7H3. The number of ether oxygens (including phenoxy) is 5. The Balaban J connectivity index is 2.11. The highest BCUT2D eigenvalue weighted by atomic mass is 16.6. The van der Waals surface area contributed by atoms with Crippen LogP contribution in [0.5, 0.6) is 17.2 Å². The molecule has 0 aliphatic carbocycles. The lowest BCUT2D eigenvalue weighted by atomic mass is 9.89. The molecule has 1 amide bonds. The van der Waals surface area contributed by atoms with E-state index in [2.05, 4.69) is 0 Å². The van der Waals surface area contributed by atoms with Crippen molar-refractivity contribution in [2.24, 2.45) is 0 Å². The van der Waals surface area contributed by atoms with Crippen molar-refractivity contribution in [3.63, 3.8) is 0 Å². The van der Waals surface area contributed by atoms with Crippen LogP contribution in [-0.4, -0.2) is 69.0 Å². The number of benzene rings is 1. The molecule has 0 bridgehead atoms. The van der Waals surface area contributed by atoms with Crippen LogP contribution in [0.1, 0.15) is 37.9 Å². The Morgan fingerprint density at radius 2 is 1.71 bits per heavy atom. The third kappa shape index (κ3) is 4.22. The van der Waals surface area contributed by atoms with Crippen molar-refractivity contribution >= 4 is 12.1 Å². The van der Waals surface area contributed by atoms with E-state index in [4.69, 9.17) is 23.7 Å². The molecule has 2 aliphatic heterocycles. The number of fused-ring (bicyclic) bond motifs is 3. The van der Waals surface area contributed by atoms with Crippen LogP contribution in [0.3, 0.4) is 0 Å². The summed E-state index contributed by atoms with van der Waals surface area (Å²) in [6, 6.07) is 1.67. The van der Waals surface area contributed by atoms with Gasteiger partial charge in [0.25, 0.3) is 0 Å². The second-order valence-corrected chi connectivity index (χ2v) is 8.32. The molecule has 31 heavy (non-hydrogen) atoms. The Hall–Kier alpha value is -3.10. The van der Waals surface area contributed by atoms with Gasteiger partial charge in [-0.25, -0.2) is 9.59 Å². The van der Waals surface area contributed by atoms with E-state index < -0.39 is 17.7 Å². The van der Waals surface area contributed by atoms with Gasteiger partial charge >= 0.3 is 12.1 Å². The van der Waals surface area contributed by atoms with Gasteiger partial charge in [-0.3, -0.25) is 4.90 Å². The monoisotopic (exact) mass is 434 g/mol. The molecule has 2 aliphatic rings. The molecule has 0 N–H and O–H groups in total. The summed E-state index contributed by atoms with van der Waals surface area (Å²) in [5.74, 6) is 1.01. The van der Waals surface area contributed by atoms with Crippen molar-refractivity contribution in [3.05, 3.63) is 29.1 Å². The van der Waals surface area contributed by atoms with Gasteiger partial charge in [0.15, 0.2) is 11.5 Å². The van der Waals surface area contributed by atoms with Crippen molar-refractivity contribution in [1.82, 2.24) is 9.80 Å². The minimum Gasteiger partial charge on any atom is -0.493 e. The first kappa shape index (κ1) is 22.6. The van der Waals surface area contributed by atoms with Gasteiger partial charge in [0.2, 0.25) is 5.75 Å². The maximum absolute atomic E-state index is 13.0. The zero-order chi connectivity index (χ0) is 22.9. The molecule has 0 fully saturated rings. The van der Waals surface area contributed by atoms with E-state index in [0.717, 1.165) is 11.1 Å². The molecule has 0 saturated carbocycles. The molecular weight excluding hydrogens is 404 g/mol. The minimum absolute atomic E-state index is 0.135. The lowest BCUT2D eigenvalue weighted by Crippen LogP contribution is -2.49. The molecular formula is C22H30N2O7. The van der Waals surface area contributed by atoms with Crippen LogP contribution in [0.4, 0.5) is 4.79 Å². The number of methoxy groups -OCH3 is 4. The molecule has 0 saturated heterocycles. The molecule has 170 valence electrons. The maximum Gasteiger partial charge on any atom is 0.415 e. The van der Waals surface area contributed by atoms with Crippen LogP contribution in [0, 0.1) is 0 Å². The number of hydrogen-bond donors (Lipinski definition) is 0. The van der Waals surface area contributed by atoms with E-state index in [1.807, 2.05) is 11.0 Å². The highest BCUT2D eigenvalue weighted by Gasteiger charge is 2.41. The van der Waals surface area contributed by atoms with Crippen LogP contribution < -0.4 is 14.2 Å². The lowest BCUT2D eigenvalue weighted by Gasteiger charge is -2.44. The van der Waals surface area contributed by atoms with Gasteiger partial charge in [-0.2, -0.15) is 0 Å². The lowest BCUT2D eigenvalue weighted by molar-refractivity contribution is -0.138. The number of esters is 1. The van der Waals surface area contributed by atoms with Crippen LogP contribution in [0.25, 0.3) is 0 Å². The van der Waals surface area contributed by atoms with E-state index in [0.29, 0.717) is 30.2 Å². The Kier molecular flexibility index (Phi) is 6.24. The first-order valence-electron chi connectivity index (χ1n) is 10.0. The summed E-state index contributed by atoms with van der Waals surface area (Å²) in [6.45, 7) is 6.17. The minimum atomic E-state index is -0.714. The van der Waals surface area contributed by atoms with Gasteiger partial charge in [-0.15, -0.1) is 0 Å². The summed E-state index contributed by atoms with van der Waals surface area (Å²) >= 11 is 0. The molecule has 2 heterocycles. The summed E-state index contributed by atoms with van der Waals surface area (Å²) in [5, 5.41) is 0. The molecule has 1 aromatic carbocycles. The highest BCUT2D eigenvalue weighted by Crippen LogP contribution is 2.49. The molecule has 1 atom stereocenters. The fourth-order valence-corrected chi connectivity index (χ4v) is 3.98. The summed E-state index contributed by atoms with van der Waals surface area (Å²) in [4.78, 5) is 28.8. The van der Waals surface area contributed by atoms with E-state index in [9.17, 15) is 9.59 Å². The Bertz CT molecular complexity index is 904. The number of amides is 1. The molecule has 9 nitrogen and oxygen atoms in total. The van der Waals surface area contributed by atoms with E-state index in [1.165, 1.54) is 12.0 Å². The predicted molar refractivity (Wildman–Crippen MR) is 112 cm³/mol. The van der Waals surface area contributed by atoms with Crippen molar-refractivity contribution in [3.8, 4) is 17.2 Å². The number of rotatable bonds is 4. The van der Waals surface area contributed by atoms with Crippen molar-refractivity contribution < 1.29 is 33.3 Å². The predicted octanol–water partition coefficient (Wildman–Crippen LogP) is 2.88. The Morgan fingerprint density at radius 1 is 1.03 bits per heavy atom. The van der Waals surface area contributed by atoms with Crippen LogP contribution >= 0.6 is 0 Å². The van der Waals surface area contributed by atoms with Crippen molar-refractivity contribution in [1.29, 1.82) is 0 Å². The largest absolute Gasteiger partial charge is 0.493 e. The van der Waals surface area contributed by atoms with Gasteiger partial charge in [0.05, 0.1) is 41.0 Å². The molecule has 1 unspecified atom stereocenters. The second-order valence-electron chi connectivity index (χ2n) is 8.32. The molecule has 3 rings (SSSR count). The summed E-state index contributed by atoms with van der Waals surface area (Å²) in [6.07, 6.45) is 1.75. The molecule has 0 radical (unpaired) electrons. The average Bonchev–Trinajstić information content (AvgIpc) is 2.74. The average molecular weight is 434 g/mol. The van der Waals surface area contributed by atoms with Crippen LogP contribution in [0.15, 0.2) is 18.0 Å². The van der Waals surface area contributed by atoms with Gasteiger partial charge in [-0.1, -0.05) is 0 Å². The zero-order valence-electron chi connectivity index (χ0n) is 19.1. The third-order valence-corrected chi connectivity index (χ3v) is 5.27. The highest BCUT2D eigenvalue weighted by molar-refractivity contribution is 5.92. The van der Waals surface area contributed by atoms with Gasteiger partial charge in [0, 0.05) is 18.3 Å².